The third-order valence-corrected chi connectivity index (χ3v) is 4.52. The number of nitrogens with zero attached hydrogens (tertiary/aromatic N) is 3. The molecule has 0 saturated carbocycles. The first-order valence-corrected chi connectivity index (χ1v) is 8.44. The molecule has 0 unspecified atom stereocenters. The maximum Gasteiger partial charge on any atom is 0.239 e. The van der Waals surface area contributed by atoms with Gasteiger partial charge in [0.1, 0.15) is 5.76 Å². The minimum atomic E-state index is -0.110. The van der Waals surface area contributed by atoms with E-state index in [1.54, 1.807) is 13.0 Å². The molecule has 8 nitrogen and oxygen atoms in total. The van der Waals surface area contributed by atoms with Crippen LogP contribution in [-0.4, -0.2) is 72.7 Å². The standard InChI is InChI=1S/C16H24N4O4/c1-12-10-14(18-24-12)17-15(21)11-19-4-2-13(3-5-19)16(22)20-6-8-23-9-7-20/h10,13H,2-9,11H2,1H3,(H,17,18,21). The van der Waals surface area contributed by atoms with Crippen molar-refractivity contribution in [3.63, 3.8) is 0 Å². The summed E-state index contributed by atoms with van der Waals surface area (Å²) in [6.07, 6.45) is 1.60. The number of nitrogens with one attached hydrogen (secondary N) is 1. The molecule has 132 valence electrons. The van der Waals surface area contributed by atoms with Gasteiger partial charge in [-0.2, -0.15) is 0 Å². The van der Waals surface area contributed by atoms with E-state index in [4.69, 9.17) is 9.26 Å². The molecular weight excluding hydrogens is 312 g/mol. The number of anilines is 1. The number of piperidine rings is 1. The van der Waals surface area contributed by atoms with Crippen LogP contribution < -0.4 is 5.32 Å². The SMILES string of the molecule is Cc1cc(NC(=O)CN2CCC(C(=O)N3CCOCC3)CC2)no1. The number of aryl methyl sites for hydroxylation is 1. The molecule has 0 atom stereocenters. The Labute approximate surface area is 141 Å². The van der Waals surface area contributed by atoms with E-state index in [-0.39, 0.29) is 17.7 Å². The maximum absolute atomic E-state index is 12.5. The van der Waals surface area contributed by atoms with Gasteiger partial charge in [0.25, 0.3) is 0 Å². The Balaban J connectivity index is 1.41. The second-order valence-corrected chi connectivity index (χ2v) is 6.36. The summed E-state index contributed by atoms with van der Waals surface area (Å²) in [5.74, 6) is 1.30. The van der Waals surface area contributed by atoms with Crippen molar-refractivity contribution in [3.8, 4) is 0 Å². The van der Waals surface area contributed by atoms with Gasteiger partial charge in [-0.1, -0.05) is 5.16 Å². The number of ether oxygens (including phenoxy) is 1. The smallest absolute Gasteiger partial charge is 0.239 e. The van der Waals surface area contributed by atoms with Crippen molar-refractivity contribution in [3.05, 3.63) is 11.8 Å². The second-order valence-electron chi connectivity index (χ2n) is 6.36. The fourth-order valence-corrected chi connectivity index (χ4v) is 3.19. The molecule has 2 fully saturated rings. The highest BCUT2D eigenvalue weighted by atomic mass is 16.5. The van der Waals surface area contributed by atoms with Crippen molar-refractivity contribution in [2.75, 3.05) is 51.3 Å². The average molecular weight is 336 g/mol. The van der Waals surface area contributed by atoms with Gasteiger partial charge in [-0.05, 0) is 32.9 Å². The number of hydrogen-bond acceptors (Lipinski definition) is 6. The Hall–Kier alpha value is -1.93. The van der Waals surface area contributed by atoms with E-state index in [2.05, 4.69) is 15.4 Å². The van der Waals surface area contributed by atoms with Gasteiger partial charge in [-0.3, -0.25) is 14.5 Å². The third kappa shape index (κ3) is 4.33. The maximum atomic E-state index is 12.5. The summed E-state index contributed by atoms with van der Waals surface area (Å²) in [6.45, 7) is 6.25. The molecule has 1 aromatic heterocycles. The molecule has 2 aliphatic rings. The quantitative estimate of drug-likeness (QED) is 0.861. The molecule has 1 aromatic rings. The van der Waals surface area contributed by atoms with Crippen LogP contribution in [0.4, 0.5) is 5.82 Å². The summed E-state index contributed by atoms with van der Waals surface area (Å²) in [7, 11) is 0. The van der Waals surface area contributed by atoms with Crippen LogP contribution in [0.25, 0.3) is 0 Å². The Morgan fingerprint density at radius 3 is 2.58 bits per heavy atom. The molecule has 0 aromatic carbocycles. The van der Waals surface area contributed by atoms with Crippen molar-refractivity contribution in [2.45, 2.75) is 19.8 Å². The van der Waals surface area contributed by atoms with E-state index in [0.29, 0.717) is 44.4 Å². The van der Waals surface area contributed by atoms with Gasteiger partial charge in [0.2, 0.25) is 11.8 Å². The Morgan fingerprint density at radius 2 is 1.96 bits per heavy atom. The fraction of sp³-hybridized carbons (Fsp3) is 0.688. The van der Waals surface area contributed by atoms with Crippen LogP contribution in [0, 0.1) is 12.8 Å². The van der Waals surface area contributed by atoms with E-state index in [1.165, 1.54) is 0 Å². The molecule has 0 radical (unpaired) electrons. The zero-order chi connectivity index (χ0) is 16.9. The van der Waals surface area contributed by atoms with Gasteiger partial charge in [0.05, 0.1) is 19.8 Å². The third-order valence-electron chi connectivity index (χ3n) is 4.52. The molecule has 2 saturated heterocycles. The van der Waals surface area contributed by atoms with E-state index in [1.807, 2.05) is 4.90 Å². The van der Waals surface area contributed by atoms with E-state index in [9.17, 15) is 9.59 Å². The predicted octanol–water partition coefficient (Wildman–Crippen LogP) is 0.492. The summed E-state index contributed by atoms with van der Waals surface area (Å²) >= 11 is 0. The number of amides is 2. The Kier molecular flexibility index (Phi) is 5.47. The fourth-order valence-electron chi connectivity index (χ4n) is 3.19. The molecule has 3 rings (SSSR count). The van der Waals surface area contributed by atoms with E-state index >= 15 is 0 Å². The molecule has 2 amide bonds. The topological polar surface area (TPSA) is 87.9 Å². The minimum absolute atomic E-state index is 0.0700. The zero-order valence-corrected chi connectivity index (χ0v) is 14.0. The summed E-state index contributed by atoms with van der Waals surface area (Å²) in [6, 6.07) is 1.69. The lowest BCUT2D eigenvalue weighted by atomic mass is 9.95. The molecule has 0 bridgehead atoms. The summed E-state index contributed by atoms with van der Waals surface area (Å²) in [5, 5.41) is 6.47. The molecule has 1 N–H and O–H groups in total. The number of hydrogen-bond donors (Lipinski definition) is 1. The first-order chi connectivity index (χ1) is 11.6. The zero-order valence-electron chi connectivity index (χ0n) is 14.0. The first-order valence-electron chi connectivity index (χ1n) is 8.44. The first kappa shape index (κ1) is 16.9. The van der Waals surface area contributed by atoms with Crippen LogP contribution in [-0.2, 0) is 14.3 Å². The highest BCUT2D eigenvalue weighted by Gasteiger charge is 2.29. The van der Waals surface area contributed by atoms with Crippen LogP contribution in [0.3, 0.4) is 0 Å². The predicted molar refractivity (Wildman–Crippen MR) is 86.4 cm³/mol. The molecule has 0 aliphatic carbocycles. The van der Waals surface area contributed by atoms with Crippen molar-refractivity contribution >= 4 is 17.6 Å². The number of rotatable bonds is 4. The molecule has 8 heteroatoms. The summed E-state index contributed by atoms with van der Waals surface area (Å²) in [4.78, 5) is 28.5. The van der Waals surface area contributed by atoms with Crippen molar-refractivity contribution in [1.29, 1.82) is 0 Å². The Bertz CT molecular complexity index is 574. The monoisotopic (exact) mass is 336 g/mol. The van der Waals surface area contributed by atoms with Gasteiger partial charge < -0.3 is 19.5 Å². The molecule has 3 heterocycles. The summed E-state index contributed by atoms with van der Waals surface area (Å²) in [5.41, 5.74) is 0. The lowest BCUT2D eigenvalue weighted by Gasteiger charge is -2.35. The molecule has 0 spiro atoms. The van der Waals surface area contributed by atoms with Crippen LogP contribution in [0.2, 0.25) is 0 Å². The molecule has 2 aliphatic heterocycles. The van der Waals surface area contributed by atoms with Crippen LogP contribution in [0.5, 0.6) is 0 Å². The molecular formula is C16H24N4O4. The highest BCUT2D eigenvalue weighted by Crippen LogP contribution is 2.20. The van der Waals surface area contributed by atoms with E-state index in [0.717, 1.165) is 25.9 Å². The van der Waals surface area contributed by atoms with Crippen LogP contribution >= 0.6 is 0 Å². The lowest BCUT2D eigenvalue weighted by molar-refractivity contribution is -0.141. The molecule has 24 heavy (non-hydrogen) atoms. The number of morpholine rings is 1. The number of aromatic nitrogens is 1. The van der Waals surface area contributed by atoms with Crippen LogP contribution in [0.15, 0.2) is 10.6 Å². The van der Waals surface area contributed by atoms with Crippen molar-refractivity contribution in [2.24, 2.45) is 5.92 Å². The van der Waals surface area contributed by atoms with Gasteiger partial charge in [-0.15, -0.1) is 0 Å². The average Bonchev–Trinajstić information content (AvgIpc) is 3.00. The van der Waals surface area contributed by atoms with Crippen molar-refractivity contribution < 1.29 is 18.8 Å². The summed E-state index contributed by atoms with van der Waals surface area (Å²) < 4.78 is 10.2. The van der Waals surface area contributed by atoms with Gasteiger partial charge in [0, 0.05) is 25.1 Å². The van der Waals surface area contributed by atoms with Crippen LogP contribution in [0.1, 0.15) is 18.6 Å². The number of likely N-dealkylation sites (tertiary alicyclic amines) is 1. The Morgan fingerprint density at radius 1 is 1.25 bits per heavy atom. The lowest BCUT2D eigenvalue weighted by Crippen LogP contribution is -2.47. The normalized spacial score (nSPS) is 20.1. The number of carbonyl (C=O) groups is 2. The van der Waals surface area contributed by atoms with Gasteiger partial charge in [0.15, 0.2) is 5.82 Å². The highest BCUT2D eigenvalue weighted by molar-refractivity contribution is 5.91. The number of carbonyl (C=O) groups excluding carboxylic acids is 2. The van der Waals surface area contributed by atoms with Gasteiger partial charge >= 0.3 is 0 Å². The van der Waals surface area contributed by atoms with Crippen molar-refractivity contribution in [1.82, 2.24) is 15.0 Å². The minimum Gasteiger partial charge on any atom is -0.378 e. The van der Waals surface area contributed by atoms with Gasteiger partial charge in [-0.25, -0.2) is 0 Å². The van der Waals surface area contributed by atoms with E-state index < -0.39 is 0 Å². The largest absolute Gasteiger partial charge is 0.378 e. The second kappa shape index (κ2) is 7.76.